The molecule has 0 spiro atoms. The number of rotatable bonds is 5. The molecule has 0 saturated heterocycles. The summed E-state index contributed by atoms with van der Waals surface area (Å²) in [6.07, 6.45) is 16.0. The Kier molecular flexibility index (Phi) is 5.57. The Morgan fingerprint density at radius 2 is 2.27 bits per heavy atom. The van der Waals surface area contributed by atoms with Crippen LogP contribution >= 0.6 is 7.14 Å². The van der Waals surface area contributed by atoms with E-state index in [-0.39, 0.29) is 11.2 Å². The molecule has 2 rings (SSSR count). The van der Waals surface area contributed by atoms with Crippen LogP contribution in [0.25, 0.3) is 0 Å². The Bertz CT molecular complexity index is 699. The molecule has 1 unspecified atom stereocenters. The summed E-state index contributed by atoms with van der Waals surface area (Å²) in [6.45, 7) is 3.82. The standard InChI is InChI=1S/C18H22NO2P/c1-3-4-6-10-15(2)22(21,16-11-7-5-8-12-16)18-17(20)13-9-14-19-18/h3-4,7,9-14,20H,5-6,8H2,1-2H3/b4-3?,15-10+. The molecule has 0 amide bonds. The second-order valence-electron chi connectivity index (χ2n) is 5.21. The van der Waals surface area contributed by atoms with Gasteiger partial charge in [-0.15, -0.1) is 0 Å². The Hall–Kier alpha value is -1.86. The van der Waals surface area contributed by atoms with Crippen LogP contribution in [-0.2, 0) is 4.57 Å². The van der Waals surface area contributed by atoms with Crippen LogP contribution in [-0.4, -0.2) is 10.1 Å². The van der Waals surface area contributed by atoms with Crippen molar-refractivity contribution in [1.82, 2.24) is 4.98 Å². The fraction of sp³-hybridized carbons (Fsp3) is 0.278. The summed E-state index contributed by atoms with van der Waals surface area (Å²) in [5, 5.41) is 11.7. The van der Waals surface area contributed by atoms with Crippen LogP contribution in [0.5, 0.6) is 5.75 Å². The molecule has 0 aliphatic heterocycles. The van der Waals surface area contributed by atoms with Crippen molar-refractivity contribution in [2.75, 3.05) is 0 Å². The third kappa shape index (κ3) is 3.31. The van der Waals surface area contributed by atoms with Crippen molar-refractivity contribution < 1.29 is 9.67 Å². The first-order valence-corrected chi connectivity index (χ1v) is 9.21. The molecule has 0 bridgehead atoms. The lowest BCUT2D eigenvalue weighted by Crippen LogP contribution is -2.12. The van der Waals surface area contributed by atoms with Gasteiger partial charge in [-0.1, -0.05) is 36.5 Å². The zero-order valence-electron chi connectivity index (χ0n) is 13.1. The van der Waals surface area contributed by atoms with E-state index in [0.29, 0.717) is 0 Å². The van der Waals surface area contributed by atoms with E-state index in [1.807, 2.05) is 50.3 Å². The third-order valence-corrected chi connectivity index (χ3v) is 6.86. The first kappa shape index (κ1) is 16.5. The summed E-state index contributed by atoms with van der Waals surface area (Å²) in [5.74, 6) is -0.00973. The topological polar surface area (TPSA) is 50.2 Å². The second kappa shape index (κ2) is 7.42. The molecular weight excluding hydrogens is 293 g/mol. The summed E-state index contributed by atoms with van der Waals surface area (Å²) < 4.78 is 13.9. The van der Waals surface area contributed by atoms with Gasteiger partial charge in [0.15, 0.2) is 7.14 Å². The number of pyridine rings is 1. The van der Waals surface area contributed by atoms with E-state index in [9.17, 15) is 9.67 Å². The van der Waals surface area contributed by atoms with Crippen molar-refractivity contribution >= 4 is 12.6 Å². The van der Waals surface area contributed by atoms with Crippen LogP contribution in [0.2, 0.25) is 0 Å². The maximum atomic E-state index is 13.9. The fourth-order valence-electron chi connectivity index (χ4n) is 2.46. The minimum atomic E-state index is -3.08. The molecule has 0 saturated carbocycles. The van der Waals surface area contributed by atoms with Crippen LogP contribution in [0.4, 0.5) is 0 Å². The fourth-order valence-corrected chi connectivity index (χ4v) is 5.14. The van der Waals surface area contributed by atoms with Gasteiger partial charge in [0.1, 0.15) is 11.2 Å². The molecular formula is C18H22NO2P. The SMILES string of the molecule is CC=CC/C=C(\C)P(=O)(C1=CCCC=C1)c1ncccc1O. The molecule has 1 N–H and O–H groups in total. The van der Waals surface area contributed by atoms with E-state index < -0.39 is 7.14 Å². The van der Waals surface area contributed by atoms with Crippen LogP contribution in [0, 0.1) is 0 Å². The van der Waals surface area contributed by atoms with Gasteiger partial charge in [-0.3, -0.25) is 0 Å². The summed E-state index contributed by atoms with van der Waals surface area (Å²) in [5.41, 5.74) is 0.280. The molecule has 1 heterocycles. The Morgan fingerprint density at radius 1 is 1.45 bits per heavy atom. The van der Waals surface area contributed by atoms with Gasteiger partial charge in [0.05, 0.1) is 0 Å². The highest BCUT2D eigenvalue weighted by Crippen LogP contribution is 2.61. The molecule has 1 atom stereocenters. The number of aromatic hydroxyl groups is 1. The van der Waals surface area contributed by atoms with Crippen molar-refractivity contribution in [3.05, 3.63) is 65.4 Å². The van der Waals surface area contributed by atoms with Crippen molar-refractivity contribution in [1.29, 1.82) is 0 Å². The Balaban J connectivity index is 2.57. The Morgan fingerprint density at radius 3 is 2.91 bits per heavy atom. The lowest BCUT2D eigenvalue weighted by atomic mass is 10.2. The third-order valence-electron chi connectivity index (χ3n) is 3.69. The smallest absolute Gasteiger partial charge is 0.187 e. The largest absolute Gasteiger partial charge is 0.506 e. The first-order chi connectivity index (χ1) is 10.6. The second-order valence-corrected chi connectivity index (χ2v) is 8.08. The van der Waals surface area contributed by atoms with E-state index in [1.165, 1.54) is 0 Å². The van der Waals surface area contributed by atoms with E-state index in [1.54, 1.807) is 18.3 Å². The lowest BCUT2D eigenvalue weighted by molar-refractivity contribution is 0.477. The molecule has 4 heteroatoms. The van der Waals surface area contributed by atoms with Crippen LogP contribution in [0.15, 0.2) is 65.4 Å². The van der Waals surface area contributed by atoms with E-state index in [4.69, 9.17) is 0 Å². The number of hydrogen-bond donors (Lipinski definition) is 1. The van der Waals surface area contributed by atoms with E-state index in [0.717, 1.165) is 29.9 Å². The molecule has 3 nitrogen and oxygen atoms in total. The zero-order chi connectivity index (χ0) is 16.0. The molecule has 0 radical (unpaired) electrons. The van der Waals surface area contributed by atoms with Gasteiger partial charge in [0, 0.05) is 11.5 Å². The summed E-state index contributed by atoms with van der Waals surface area (Å²) >= 11 is 0. The normalized spacial score (nSPS) is 18.3. The first-order valence-electron chi connectivity index (χ1n) is 7.51. The Labute approximate surface area is 132 Å². The van der Waals surface area contributed by atoms with Crippen LogP contribution in [0.1, 0.15) is 33.1 Å². The van der Waals surface area contributed by atoms with E-state index in [2.05, 4.69) is 4.98 Å². The number of aromatic nitrogens is 1. The summed E-state index contributed by atoms with van der Waals surface area (Å²) in [7, 11) is -3.08. The zero-order valence-corrected chi connectivity index (χ0v) is 14.0. The highest BCUT2D eigenvalue weighted by molar-refractivity contribution is 7.79. The quantitative estimate of drug-likeness (QED) is 0.622. The number of nitrogens with zero attached hydrogens (tertiary/aromatic N) is 1. The van der Waals surface area contributed by atoms with Gasteiger partial charge in [-0.05, 0) is 50.6 Å². The summed E-state index contributed by atoms with van der Waals surface area (Å²) in [4.78, 5) is 4.23. The van der Waals surface area contributed by atoms with Gasteiger partial charge in [0.2, 0.25) is 0 Å². The van der Waals surface area contributed by atoms with Crippen molar-refractivity contribution in [2.24, 2.45) is 0 Å². The van der Waals surface area contributed by atoms with Crippen LogP contribution in [0.3, 0.4) is 0 Å². The van der Waals surface area contributed by atoms with Crippen LogP contribution < -0.4 is 5.44 Å². The van der Waals surface area contributed by atoms with Crippen molar-refractivity contribution in [3.63, 3.8) is 0 Å². The molecule has 1 aliphatic carbocycles. The highest BCUT2D eigenvalue weighted by Gasteiger charge is 2.34. The average Bonchev–Trinajstić information content (AvgIpc) is 2.55. The maximum absolute atomic E-state index is 13.9. The number of allylic oxidation sites excluding steroid dienone is 8. The van der Waals surface area contributed by atoms with Gasteiger partial charge >= 0.3 is 0 Å². The maximum Gasteiger partial charge on any atom is 0.187 e. The lowest BCUT2D eigenvalue weighted by Gasteiger charge is -2.22. The van der Waals surface area contributed by atoms with Crippen molar-refractivity contribution in [3.8, 4) is 5.75 Å². The minimum absolute atomic E-state index is 0.00973. The molecule has 0 fully saturated rings. The molecule has 1 aliphatic rings. The minimum Gasteiger partial charge on any atom is -0.506 e. The predicted molar refractivity (Wildman–Crippen MR) is 92.8 cm³/mol. The predicted octanol–water partition coefficient (Wildman–Crippen LogP) is 4.88. The van der Waals surface area contributed by atoms with Gasteiger partial charge in [-0.25, -0.2) is 4.98 Å². The summed E-state index contributed by atoms with van der Waals surface area (Å²) in [6, 6.07) is 3.19. The molecule has 116 valence electrons. The van der Waals surface area contributed by atoms with Gasteiger partial charge < -0.3 is 9.67 Å². The molecule has 0 aromatic carbocycles. The average molecular weight is 315 g/mol. The highest BCUT2D eigenvalue weighted by atomic mass is 31.2. The monoisotopic (exact) mass is 315 g/mol. The molecule has 22 heavy (non-hydrogen) atoms. The van der Waals surface area contributed by atoms with Crippen molar-refractivity contribution in [2.45, 2.75) is 33.1 Å². The number of hydrogen-bond acceptors (Lipinski definition) is 3. The van der Waals surface area contributed by atoms with Gasteiger partial charge in [-0.2, -0.15) is 0 Å². The van der Waals surface area contributed by atoms with E-state index >= 15 is 0 Å². The molecule has 1 aromatic heterocycles. The molecule has 1 aromatic rings. The van der Waals surface area contributed by atoms with Gasteiger partial charge in [0.25, 0.3) is 0 Å².